The van der Waals surface area contributed by atoms with E-state index in [0.29, 0.717) is 10.8 Å². The zero-order chi connectivity index (χ0) is 14.9. The molecule has 19 heavy (non-hydrogen) atoms. The molecule has 0 heteroatoms. The minimum atomic E-state index is 0.613. The Morgan fingerprint density at radius 2 is 0.789 bits per heavy atom. The highest BCUT2D eigenvalue weighted by Gasteiger charge is 2.32. The van der Waals surface area contributed by atoms with E-state index in [1.807, 2.05) is 0 Å². The maximum Gasteiger partial charge on any atom is -0.0303 e. The van der Waals surface area contributed by atoms with E-state index in [1.165, 1.54) is 57.8 Å². The molecule has 0 spiro atoms. The third kappa shape index (κ3) is 5.12. The van der Waals surface area contributed by atoms with Gasteiger partial charge < -0.3 is 0 Å². The third-order valence-corrected chi connectivity index (χ3v) is 6.52. The van der Waals surface area contributed by atoms with Crippen molar-refractivity contribution in [1.29, 1.82) is 0 Å². The summed E-state index contributed by atoms with van der Waals surface area (Å²) in [6.45, 7) is 16.8. The molecule has 0 amide bonds. The molecule has 0 fully saturated rings. The highest BCUT2D eigenvalue weighted by molar-refractivity contribution is 4.83. The molecule has 0 aromatic rings. The lowest BCUT2D eigenvalue weighted by molar-refractivity contribution is 0.121. The first-order valence-electron chi connectivity index (χ1n) is 9.00. The van der Waals surface area contributed by atoms with E-state index in [-0.39, 0.29) is 0 Å². The lowest BCUT2D eigenvalue weighted by Gasteiger charge is -2.39. The van der Waals surface area contributed by atoms with Crippen LogP contribution in [0.1, 0.15) is 106 Å². The standard InChI is InChI=1S/C19H40/c1-8-17(15-18(9-2,10-3)11-4)16-19(12-5,13-6)14-7/h17H,8-16H2,1-7H3. The second-order valence-corrected chi connectivity index (χ2v) is 6.80. The van der Waals surface area contributed by atoms with Crippen molar-refractivity contribution in [2.75, 3.05) is 0 Å². The van der Waals surface area contributed by atoms with Gasteiger partial charge in [-0.3, -0.25) is 0 Å². The summed E-state index contributed by atoms with van der Waals surface area (Å²) >= 11 is 0. The van der Waals surface area contributed by atoms with Gasteiger partial charge in [-0.2, -0.15) is 0 Å². The first-order chi connectivity index (χ1) is 9.00. The Hall–Kier alpha value is 0. The minimum Gasteiger partial charge on any atom is -0.0651 e. The van der Waals surface area contributed by atoms with Crippen LogP contribution < -0.4 is 0 Å². The zero-order valence-corrected chi connectivity index (χ0v) is 14.9. The summed E-state index contributed by atoms with van der Waals surface area (Å²) in [7, 11) is 0. The van der Waals surface area contributed by atoms with Gasteiger partial charge in [0.05, 0.1) is 0 Å². The minimum absolute atomic E-state index is 0.613. The van der Waals surface area contributed by atoms with Crippen LogP contribution in [0.15, 0.2) is 0 Å². The molecule has 0 aliphatic carbocycles. The monoisotopic (exact) mass is 268 g/mol. The topological polar surface area (TPSA) is 0 Å². The fourth-order valence-electron chi connectivity index (χ4n) is 3.95. The molecular weight excluding hydrogens is 228 g/mol. The normalized spacial score (nSPS) is 13.3. The molecule has 0 aromatic carbocycles. The highest BCUT2D eigenvalue weighted by atomic mass is 14.4. The Morgan fingerprint density at radius 1 is 0.526 bits per heavy atom. The first kappa shape index (κ1) is 19.0. The average Bonchev–Trinajstić information content (AvgIpc) is 2.49. The van der Waals surface area contributed by atoms with E-state index in [1.54, 1.807) is 0 Å². The lowest BCUT2D eigenvalue weighted by Crippen LogP contribution is -2.27. The average molecular weight is 269 g/mol. The molecule has 0 rings (SSSR count). The van der Waals surface area contributed by atoms with Crippen molar-refractivity contribution in [2.24, 2.45) is 16.7 Å². The molecule has 0 saturated heterocycles. The Kier molecular flexibility index (Phi) is 9.03. The van der Waals surface area contributed by atoms with Gasteiger partial charge in [0.15, 0.2) is 0 Å². The van der Waals surface area contributed by atoms with Crippen LogP contribution >= 0.6 is 0 Å². The van der Waals surface area contributed by atoms with Gasteiger partial charge in [-0.1, -0.05) is 93.4 Å². The molecule has 0 radical (unpaired) electrons. The SMILES string of the molecule is CCC(CC(CC)(CC)CC)CC(CC)(CC)CC. The van der Waals surface area contributed by atoms with Gasteiger partial charge in [-0.25, -0.2) is 0 Å². The molecule has 0 aliphatic rings. The summed E-state index contributed by atoms with van der Waals surface area (Å²) < 4.78 is 0. The Labute approximate surface area is 123 Å². The molecule has 0 N–H and O–H groups in total. The first-order valence-corrected chi connectivity index (χ1v) is 9.00. The summed E-state index contributed by atoms with van der Waals surface area (Å²) in [6.07, 6.45) is 12.4. The number of hydrogen-bond acceptors (Lipinski definition) is 0. The molecule has 0 aromatic heterocycles. The van der Waals surface area contributed by atoms with Gasteiger partial charge in [0.25, 0.3) is 0 Å². The van der Waals surface area contributed by atoms with Crippen molar-refractivity contribution in [3.05, 3.63) is 0 Å². The Bertz CT molecular complexity index is 170. The van der Waals surface area contributed by atoms with E-state index in [4.69, 9.17) is 0 Å². The number of rotatable bonds is 11. The van der Waals surface area contributed by atoms with Gasteiger partial charge in [-0.15, -0.1) is 0 Å². The van der Waals surface area contributed by atoms with E-state index in [2.05, 4.69) is 48.5 Å². The van der Waals surface area contributed by atoms with Crippen LogP contribution in [0.3, 0.4) is 0 Å². The second-order valence-electron chi connectivity index (χ2n) is 6.80. The van der Waals surface area contributed by atoms with Crippen LogP contribution in [0, 0.1) is 16.7 Å². The zero-order valence-electron chi connectivity index (χ0n) is 14.9. The summed E-state index contributed by atoms with van der Waals surface area (Å²) in [5.41, 5.74) is 1.23. The third-order valence-electron chi connectivity index (χ3n) is 6.52. The maximum absolute atomic E-state index is 2.40. The van der Waals surface area contributed by atoms with Crippen LogP contribution in [-0.2, 0) is 0 Å². The molecular formula is C19H40. The lowest BCUT2D eigenvalue weighted by atomic mass is 9.66. The van der Waals surface area contributed by atoms with Gasteiger partial charge in [0.1, 0.15) is 0 Å². The molecule has 0 heterocycles. The molecule has 0 bridgehead atoms. The molecule has 0 atom stereocenters. The van der Waals surface area contributed by atoms with E-state index < -0.39 is 0 Å². The summed E-state index contributed by atoms with van der Waals surface area (Å²) in [5.74, 6) is 0.930. The van der Waals surface area contributed by atoms with E-state index >= 15 is 0 Å². The Morgan fingerprint density at radius 3 is 0.947 bits per heavy atom. The van der Waals surface area contributed by atoms with Crippen molar-refractivity contribution in [3.8, 4) is 0 Å². The van der Waals surface area contributed by atoms with Crippen LogP contribution in [-0.4, -0.2) is 0 Å². The van der Waals surface area contributed by atoms with Crippen molar-refractivity contribution in [1.82, 2.24) is 0 Å². The van der Waals surface area contributed by atoms with Gasteiger partial charge in [-0.05, 0) is 29.6 Å². The van der Waals surface area contributed by atoms with Crippen molar-refractivity contribution in [3.63, 3.8) is 0 Å². The Balaban J connectivity index is 4.83. The number of hydrogen-bond donors (Lipinski definition) is 0. The second kappa shape index (κ2) is 9.03. The smallest absolute Gasteiger partial charge is 0.0303 e. The summed E-state index contributed by atoms with van der Waals surface area (Å²) in [6, 6.07) is 0. The summed E-state index contributed by atoms with van der Waals surface area (Å²) in [5, 5.41) is 0. The van der Waals surface area contributed by atoms with E-state index in [9.17, 15) is 0 Å². The molecule has 0 unspecified atom stereocenters. The van der Waals surface area contributed by atoms with Crippen LogP contribution in [0.2, 0.25) is 0 Å². The maximum atomic E-state index is 2.40. The largest absolute Gasteiger partial charge is 0.0651 e. The highest BCUT2D eigenvalue weighted by Crippen LogP contribution is 2.44. The molecule has 116 valence electrons. The van der Waals surface area contributed by atoms with Gasteiger partial charge in [0, 0.05) is 0 Å². The molecule has 0 aliphatic heterocycles. The van der Waals surface area contributed by atoms with Crippen molar-refractivity contribution >= 4 is 0 Å². The fourth-order valence-corrected chi connectivity index (χ4v) is 3.95. The molecule has 0 saturated carbocycles. The van der Waals surface area contributed by atoms with Crippen LogP contribution in [0.25, 0.3) is 0 Å². The quantitative estimate of drug-likeness (QED) is 0.371. The molecule has 0 nitrogen and oxygen atoms in total. The fraction of sp³-hybridized carbons (Fsp3) is 1.00. The van der Waals surface area contributed by atoms with E-state index in [0.717, 1.165) is 5.92 Å². The summed E-state index contributed by atoms with van der Waals surface area (Å²) in [4.78, 5) is 0. The van der Waals surface area contributed by atoms with Gasteiger partial charge in [0.2, 0.25) is 0 Å². The predicted octanol–water partition coefficient (Wildman–Crippen LogP) is 7.23. The van der Waals surface area contributed by atoms with Gasteiger partial charge >= 0.3 is 0 Å². The van der Waals surface area contributed by atoms with Crippen LogP contribution in [0.4, 0.5) is 0 Å². The van der Waals surface area contributed by atoms with Crippen LogP contribution in [0.5, 0.6) is 0 Å². The van der Waals surface area contributed by atoms with Crippen molar-refractivity contribution in [2.45, 2.75) is 106 Å². The predicted molar refractivity (Wildman–Crippen MR) is 89.6 cm³/mol. The van der Waals surface area contributed by atoms with Crippen molar-refractivity contribution < 1.29 is 0 Å².